The average Bonchev–Trinajstić information content (AvgIpc) is 2.71. The Labute approximate surface area is 102 Å². The molecule has 0 saturated heterocycles. The number of carbonyl (C=O) groups is 2. The monoisotopic (exact) mass is 258 g/mol. The van der Waals surface area contributed by atoms with Gasteiger partial charge in [0.05, 0.1) is 5.75 Å². The maximum Gasteiger partial charge on any atom is 0.248 e. The molecular weight excluding hydrogens is 244 g/mol. The molecule has 0 aliphatic rings. The Morgan fingerprint density at radius 2 is 2.18 bits per heavy atom. The predicted octanol–water partition coefficient (Wildman–Crippen LogP) is -0.657. The largest absolute Gasteiger partial charge is 0.274 e. The van der Waals surface area contributed by atoms with E-state index >= 15 is 0 Å². The van der Waals surface area contributed by atoms with Crippen molar-refractivity contribution in [2.45, 2.75) is 32.0 Å². The summed E-state index contributed by atoms with van der Waals surface area (Å²) in [5.41, 5.74) is 4.46. The molecule has 94 valence electrons. The second kappa shape index (κ2) is 6.84. The zero-order valence-electron chi connectivity index (χ0n) is 9.63. The highest BCUT2D eigenvalue weighted by Gasteiger charge is 2.09. The lowest BCUT2D eigenvalue weighted by molar-refractivity contribution is -0.126. The van der Waals surface area contributed by atoms with Crippen LogP contribution in [0.4, 0.5) is 0 Å². The Morgan fingerprint density at radius 1 is 1.41 bits per heavy atom. The van der Waals surface area contributed by atoms with Crippen LogP contribution in [0.2, 0.25) is 0 Å². The molecule has 2 amide bonds. The van der Waals surface area contributed by atoms with E-state index < -0.39 is 0 Å². The standard InChI is InChI=1S/C8H14N6O2S/c1-3-4-14-8(11-12-13-14)17-5-7(16)10-9-6(2)15/h3-5H2,1-2H3,(H,9,15)(H,10,16). The molecule has 0 bridgehead atoms. The van der Waals surface area contributed by atoms with Gasteiger partial charge >= 0.3 is 0 Å². The van der Waals surface area contributed by atoms with E-state index in [4.69, 9.17) is 0 Å². The fourth-order valence-electron chi connectivity index (χ4n) is 0.976. The Kier molecular flexibility index (Phi) is 5.40. The van der Waals surface area contributed by atoms with Gasteiger partial charge in [-0.25, -0.2) is 4.68 Å². The van der Waals surface area contributed by atoms with Gasteiger partial charge in [0, 0.05) is 13.5 Å². The van der Waals surface area contributed by atoms with Gasteiger partial charge in [0.2, 0.25) is 17.0 Å². The fraction of sp³-hybridized carbons (Fsp3) is 0.625. The molecule has 0 aromatic carbocycles. The number of aryl methyl sites for hydroxylation is 1. The summed E-state index contributed by atoms with van der Waals surface area (Å²) in [7, 11) is 0. The average molecular weight is 258 g/mol. The third-order valence-electron chi connectivity index (χ3n) is 1.64. The van der Waals surface area contributed by atoms with E-state index in [1.54, 1.807) is 4.68 Å². The van der Waals surface area contributed by atoms with Crippen LogP contribution in [0, 0.1) is 0 Å². The van der Waals surface area contributed by atoms with Crippen LogP contribution < -0.4 is 10.9 Å². The Balaban J connectivity index is 2.36. The number of aromatic nitrogens is 4. The zero-order valence-corrected chi connectivity index (χ0v) is 10.5. The molecule has 0 radical (unpaired) electrons. The second-order valence-corrected chi connectivity index (χ2v) is 4.15. The number of tetrazole rings is 1. The molecule has 17 heavy (non-hydrogen) atoms. The molecule has 0 fully saturated rings. The minimum Gasteiger partial charge on any atom is -0.274 e. The van der Waals surface area contributed by atoms with Crippen LogP contribution in [0.15, 0.2) is 5.16 Å². The number of hydrogen-bond acceptors (Lipinski definition) is 6. The molecule has 0 aliphatic heterocycles. The number of rotatable bonds is 5. The molecule has 0 atom stereocenters. The van der Waals surface area contributed by atoms with E-state index in [0.717, 1.165) is 6.42 Å². The molecule has 1 aromatic heterocycles. The van der Waals surface area contributed by atoms with E-state index in [1.807, 2.05) is 6.92 Å². The number of thioether (sulfide) groups is 1. The lowest BCUT2D eigenvalue weighted by atomic mass is 10.5. The minimum atomic E-state index is -0.320. The van der Waals surface area contributed by atoms with Crippen LogP contribution in [0.1, 0.15) is 20.3 Å². The highest BCUT2D eigenvalue weighted by Crippen LogP contribution is 2.12. The normalized spacial score (nSPS) is 10.0. The SMILES string of the molecule is CCCn1nnnc1SCC(=O)NNC(C)=O. The topological polar surface area (TPSA) is 102 Å². The summed E-state index contributed by atoms with van der Waals surface area (Å²) in [5.74, 6) is -0.486. The Morgan fingerprint density at radius 3 is 2.82 bits per heavy atom. The van der Waals surface area contributed by atoms with Gasteiger partial charge in [-0.1, -0.05) is 18.7 Å². The van der Waals surface area contributed by atoms with Gasteiger partial charge < -0.3 is 0 Å². The molecule has 0 unspecified atom stereocenters. The third kappa shape index (κ3) is 4.81. The quantitative estimate of drug-likeness (QED) is 0.537. The third-order valence-corrected chi connectivity index (χ3v) is 2.60. The van der Waals surface area contributed by atoms with Gasteiger partial charge in [0.25, 0.3) is 0 Å². The van der Waals surface area contributed by atoms with Crippen molar-refractivity contribution in [3.63, 3.8) is 0 Å². The van der Waals surface area contributed by atoms with Crippen LogP contribution >= 0.6 is 11.8 Å². The number of nitrogens with one attached hydrogen (secondary N) is 2. The Bertz CT molecular complexity index is 393. The first-order valence-corrected chi connectivity index (χ1v) is 6.06. The maximum absolute atomic E-state index is 11.3. The number of nitrogens with zero attached hydrogens (tertiary/aromatic N) is 4. The first-order valence-electron chi connectivity index (χ1n) is 5.08. The van der Waals surface area contributed by atoms with Gasteiger partial charge in [0.15, 0.2) is 0 Å². The molecule has 0 spiro atoms. The highest BCUT2D eigenvalue weighted by molar-refractivity contribution is 7.99. The van der Waals surface area contributed by atoms with Crippen LogP contribution in [0.25, 0.3) is 0 Å². The maximum atomic E-state index is 11.3. The summed E-state index contributed by atoms with van der Waals surface area (Å²) in [5, 5.41) is 11.7. The number of hydrogen-bond donors (Lipinski definition) is 2. The van der Waals surface area contributed by atoms with E-state index in [1.165, 1.54) is 18.7 Å². The van der Waals surface area contributed by atoms with Gasteiger partial charge in [-0.2, -0.15) is 0 Å². The molecule has 2 N–H and O–H groups in total. The van der Waals surface area contributed by atoms with Gasteiger partial charge in [-0.15, -0.1) is 5.10 Å². The number of amides is 2. The lowest BCUT2D eigenvalue weighted by Crippen LogP contribution is -2.41. The van der Waals surface area contributed by atoms with Crippen molar-refractivity contribution in [3.05, 3.63) is 0 Å². The Hall–Kier alpha value is -1.64. The molecule has 1 heterocycles. The molecule has 0 aliphatic carbocycles. The van der Waals surface area contributed by atoms with Crippen molar-refractivity contribution >= 4 is 23.6 Å². The first-order chi connectivity index (χ1) is 8.13. The summed E-state index contributed by atoms with van der Waals surface area (Å²) in [4.78, 5) is 21.8. The molecular formula is C8H14N6O2S. The van der Waals surface area contributed by atoms with Crippen LogP contribution in [0.3, 0.4) is 0 Å². The van der Waals surface area contributed by atoms with Crippen molar-refractivity contribution in [2.75, 3.05) is 5.75 Å². The van der Waals surface area contributed by atoms with Crippen LogP contribution in [-0.2, 0) is 16.1 Å². The number of hydrazine groups is 1. The second-order valence-electron chi connectivity index (χ2n) is 3.20. The molecule has 1 rings (SSSR count). The molecule has 8 nitrogen and oxygen atoms in total. The highest BCUT2D eigenvalue weighted by atomic mass is 32.2. The smallest absolute Gasteiger partial charge is 0.248 e. The lowest BCUT2D eigenvalue weighted by Gasteiger charge is -2.04. The molecule has 0 saturated carbocycles. The van der Waals surface area contributed by atoms with Gasteiger partial charge in [-0.05, 0) is 16.8 Å². The van der Waals surface area contributed by atoms with Gasteiger partial charge in [0.1, 0.15) is 0 Å². The summed E-state index contributed by atoms with van der Waals surface area (Å²) in [6.45, 7) is 4.04. The van der Waals surface area contributed by atoms with Gasteiger partial charge in [-0.3, -0.25) is 20.4 Å². The van der Waals surface area contributed by atoms with Crippen LogP contribution in [-0.4, -0.2) is 37.8 Å². The van der Waals surface area contributed by atoms with Crippen molar-refractivity contribution < 1.29 is 9.59 Å². The fourth-order valence-corrected chi connectivity index (χ4v) is 1.68. The molecule has 1 aromatic rings. The van der Waals surface area contributed by atoms with E-state index in [-0.39, 0.29) is 17.6 Å². The van der Waals surface area contributed by atoms with Crippen molar-refractivity contribution in [2.24, 2.45) is 0 Å². The molecule has 9 heteroatoms. The zero-order chi connectivity index (χ0) is 12.7. The van der Waals surface area contributed by atoms with Crippen molar-refractivity contribution in [1.82, 2.24) is 31.1 Å². The summed E-state index contributed by atoms with van der Waals surface area (Å²) in [6.07, 6.45) is 0.913. The van der Waals surface area contributed by atoms with E-state index in [9.17, 15) is 9.59 Å². The summed E-state index contributed by atoms with van der Waals surface area (Å²) < 4.78 is 1.64. The number of carbonyl (C=O) groups excluding carboxylic acids is 2. The minimum absolute atomic E-state index is 0.143. The summed E-state index contributed by atoms with van der Waals surface area (Å²) >= 11 is 1.22. The van der Waals surface area contributed by atoms with Crippen molar-refractivity contribution in [3.8, 4) is 0 Å². The summed E-state index contributed by atoms with van der Waals surface area (Å²) in [6, 6.07) is 0. The first kappa shape index (κ1) is 13.4. The van der Waals surface area contributed by atoms with Crippen LogP contribution in [0.5, 0.6) is 0 Å². The van der Waals surface area contributed by atoms with Crippen molar-refractivity contribution in [1.29, 1.82) is 0 Å². The van der Waals surface area contributed by atoms with E-state index in [0.29, 0.717) is 11.7 Å². The predicted molar refractivity (Wildman–Crippen MR) is 60.8 cm³/mol. The van der Waals surface area contributed by atoms with E-state index in [2.05, 4.69) is 26.4 Å².